The van der Waals surface area contributed by atoms with Gasteiger partial charge in [0.25, 0.3) is 0 Å². The molecule has 0 aliphatic rings. The molecule has 0 fully saturated rings. The summed E-state index contributed by atoms with van der Waals surface area (Å²) in [6, 6.07) is 0. The molecule has 0 saturated carbocycles. The van der Waals surface area contributed by atoms with Gasteiger partial charge in [0.1, 0.15) is 17.3 Å². The molecule has 0 aromatic carbocycles. The summed E-state index contributed by atoms with van der Waals surface area (Å²) < 4.78 is 0. The van der Waals surface area contributed by atoms with Crippen LogP contribution in [0.4, 0.5) is 0 Å². The van der Waals surface area contributed by atoms with Gasteiger partial charge in [-0.3, -0.25) is 0 Å². The number of rotatable bonds is 4. The molecule has 0 rings (SSSR count). The van der Waals surface area contributed by atoms with Gasteiger partial charge in [-0.1, -0.05) is 0 Å². The predicted octanol–water partition coefficient (Wildman–Crippen LogP) is -1.78. The van der Waals surface area contributed by atoms with E-state index in [1.54, 1.807) is 0 Å². The van der Waals surface area contributed by atoms with Crippen LogP contribution >= 0.6 is 0 Å². The van der Waals surface area contributed by atoms with Gasteiger partial charge in [-0.15, -0.1) is 0 Å². The third-order valence-corrected chi connectivity index (χ3v) is 2.31. The maximum absolute atomic E-state index is 9.56. The Morgan fingerprint density at radius 1 is 1.15 bits per heavy atom. The van der Waals surface area contributed by atoms with Crippen molar-refractivity contribution in [3.8, 4) is 0 Å². The van der Waals surface area contributed by atoms with Gasteiger partial charge in [-0.05, 0) is 20.8 Å². The Kier molecular flexibility index (Phi) is 3.83. The molecule has 0 amide bonds. The maximum Gasteiger partial charge on any atom is 0.116 e. The third-order valence-electron chi connectivity index (χ3n) is 2.31. The lowest BCUT2D eigenvalue weighted by Gasteiger charge is -2.39. The second-order valence-corrected chi connectivity index (χ2v) is 3.82. The molecule has 4 atom stereocenters. The van der Waals surface area contributed by atoms with Crippen molar-refractivity contribution in [1.29, 1.82) is 0 Å². The molecule has 0 spiro atoms. The summed E-state index contributed by atoms with van der Waals surface area (Å²) >= 11 is 0. The van der Waals surface area contributed by atoms with Crippen LogP contribution in [0.25, 0.3) is 0 Å². The first-order valence-corrected chi connectivity index (χ1v) is 4.08. The highest BCUT2D eigenvalue weighted by Crippen LogP contribution is 2.23. The average molecular weight is 194 g/mol. The zero-order valence-corrected chi connectivity index (χ0v) is 8.10. The van der Waals surface area contributed by atoms with E-state index in [4.69, 9.17) is 10.2 Å². The predicted molar refractivity (Wildman–Crippen MR) is 46.0 cm³/mol. The minimum atomic E-state index is -1.85. The molecule has 5 heteroatoms. The molecule has 0 aliphatic carbocycles. The zero-order valence-electron chi connectivity index (χ0n) is 8.10. The molecule has 80 valence electrons. The van der Waals surface area contributed by atoms with Gasteiger partial charge in [0.15, 0.2) is 0 Å². The summed E-state index contributed by atoms with van der Waals surface area (Å²) in [6.07, 6.45) is -2.83. The van der Waals surface area contributed by atoms with Crippen molar-refractivity contribution >= 4 is 0 Å². The Balaban J connectivity index is 4.67. The molecule has 0 aromatic heterocycles. The van der Waals surface area contributed by atoms with E-state index < -0.39 is 30.0 Å². The number of aliphatic hydroxyl groups is 5. The summed E-state index contributed by atoms with van der Waals surface area (Å²) in [5.41, 5.74) is -3.69. The average Bonchev–Trinajstić information content (AvgIpc) is 2.02. The first-order valence-electron chi connectivity index (χ1n) is 4.08. The van der Waals surface area contributed by atoms with Crippen LogP contribution in [0.15, 0.2) is 0 Å². The summed E-state index contributed by atoms with van der Waals surface area (Å²) in [5, 5.41) is 46.2. The zero-order chi connectivity index (χ0) is 10.9. The van der Waals surface area contributed by atoms with Crippen LogP contribution in [0.3, 0.4) is 0 Å². The fourth-order valence-electron chi connectivity index (χ4n) is 0.944. The van der Waals surface area contributed by atoms with Gasteiger partial charge in [-0.2, -0.15) is 0 Å². The molecule has 5 N–H and O–H groups in total. The van der Waals surface area contributed by atoms with E-state index in [1.807, 2.05) is 0 Å². The van der Waals surface area contributed by atoms with E-state index in [2.05, 4.69) is 0 Å². The monoisotopic (exact) mass is 194 g/mol. The van der Waals surface area contributed by atoms with E-state index in [0.29, 0.717) is 0 Å². The Bertz CT molecular complexity index is 164. The standard InChI is InChI=1S/C8H18O5/c1-5(10)8(3,13)6(11)7(2,12)4-9/h5-6,9-13H,4H2,1-3H3/t5-,6-,7-,8-/m0/s1. The summed E-state index contributed by atoms with van der Waals surface area (Å²) in [6.45, 7) is 2.95. The van der Waals surface area contributed by atoms with Crippen molar-refractivity contribution in [1.82, 2.24) is 0 Å². The lowest BCUT2D eigenvalue weighted by molar-refractivity contribution is -0.202. The van der Waals surface area contributed by atoms with Crippen molar-refractivity contribution in [2.75, 3.05) is 6.61 Å². The van der Waals surface area contributed by atoms with E-state index in [0.717, 1.165) is 0 Å². The summed E-state index contributed by atoms with van der Waals surface area (Å²) in [5.74, 6) is 0. The molecule has 0 aromatic rings. The number of hydrogen-bond donors (Lipinski definition) is 5. The molecule has 0 unspecified atom stereocenters. The summed E-state index contributed by atoms with van der Waals surface area (Å²) in [4.78, 5) is 0. The molecule has 13 heavy (non-hydrogen) atoms. The second-order valence-electron chi connectivity index (χ2n) is 3.82. The molecule has 0 bridgehead atoms. The van der Waals surface area contributed by atoms with E-state index in [1.165, 1.54) is 20.8 Å². The smallest absolute Gasteiger partial charge is 0.116 e. The van der Waals surface area contributed by atoms with Crippen LogP contribution in [0.1, 0.15) is 20.8 Å². The highest BCUT2D eigenvalue weighted by Gasteiger charge is 2.45. The third kappa shape index (κ3) is 2.62. The van der Waals surface area contributed by atoms with E-state index >= 15 is 0 Å². The van der Waals surface area contributed by atoms with Crippen molar-refractivity contribution in [2.45, 2.75) is 44.2 Å². The first-order chi connectivity index (χ1) is 5.66. The maximum atomic E-state index is 9.56. The van der Waals surface area contributed by atoms with Gasteiger partial charge < -0.3 is 25.5 Å². The Morgan fingerprint density at radius 2 is 1.54 bits per heavy atom. The molecule has 0 heterocycles. The van der Waals surface area contributed by atoms with Gasteiger partial charge >= 0.3 is 0 Å². The SMILES string of the molecule is C[C@H](O)[C@](C)(O)[C@@H](O)[C@@](C)(O)CO. The van der Waals surface area contributed by atoms with Crippen LogP contribution < -0.4 is 0 Å². The van der Waals surface area contributed by atoms with Gasteiger partial charge in [-0.25, -0.2) is 0 Å². The highest BCUT2D eigenvalue weighted by atomic mass is 16.4. The van der Waals surface area contributed by atoms with Crippen molar-refractivity contribution in [2.24, 2.45) is 0 Å². The second kappa shape index (κ2) is 3.89. The quantitative estimate of drug-likeness (QED) is 0.364. The Morgan fingerprint density at radius 3 is 1.77 bits per heavy atom. The highest BCUT2D eigenvalue weighted by molar-refractivity contribution is 4.97. The largest absolute Gasteiger partial charge is 0.393 e. The minimum Gasteiger partial charge on any atom is -0.393 e. The minimum absolute atomic E-state index is 0.697. The van der Waals surface area contributed by atoms with E-state index in [-0.39, 0.29) is 0 Å². The van der Waals surface area contributed by atoms with Gasteiger partial charge in [0, 0.05) is 0 Å². The van der Waals surface area contributed by atoms with Crippen LogP contribution in [-0.2, 0) is 0 Å². The van der Waals surface area contributed by atoms with Crippen molar-refractivity contribution < 1.29 is 25.5 Å². The molecule has 0 radical (unpaired) electrons. The lowest BCUT2D eigenvalue weighted by Crippen LogP contribution is -2.60. The Labute approximate surface area is 77.3 Å². The van der Waals surface area contributed by atoms with Gasteiger partial charge in [0.2, 0.25) is 0 Å². The topological polar surface area (TPSA) is 101 Å². The lowest BCUT2D eigenvalue weighted by atomic mass is 9.83. The van der Waals surface area contributed by atoms with Crippen molar-refractivity contribution in [3.05, 3.63) is 0 Å². The first kappa shape index (κ1) is 12.8. The van der Waals surface area contributed by atoms with Crippen LogP contribution in [0.5, 0.6) is 0 Å². The van der Waals surface area contributed by atoms with E-state index in [9.17, 15) is 15.3 Å². The molecular weight excluding hydrogens is 176 g/mol. The fraction of sp³-hybridized carbons (Fsp3) is 1.00. The normalized spacial score (nSPS) is 25.8. The summed E-state index contributed by atoms with van der Waals surface area (Å²) in [7, 11) is 0. The van der Waals surface area contributed by atoms with Crippen LogP contribution in [-0.4, -0.2) is 55.5 Å². The molecule has 0 saturated heterocycles. The molecule has 5 nitrogen and oxygen atoms in total. The van der Waals surface area contributed by atoms with Crippen LogP contribution in [0.2, 0.25) is 0 Å². The Hall–Kier alpha value is -0.200. The number of hydrogen-bond acceptors (Lipinski definition) is 5. The van der Waals surface area contributed by atoms with Crippen molar-refractivity contribution in [3.63, 3.8) is 0 Å². The molecule has 0 aliphatic heterocycles. The number of aliphatic hydroxyl groups excluding tert-OH is 3. The fourth-order valence-corrected chi connectivity index (χ4v) is 0.944. The molecular formula is C8H18O5. The van der Waals surface area contributed by atoms with Gasteiger partial charge in [0.05, 0.1) is 12.7 Å². The van der Waals surface area contributed by atoms with Crippen LogP contribution in [0, 0.1) is 0 Å².